The number of rotatable bonds is 5. The molecule has 0 amide bonds. The van der Waals surface area contributed by atoms with E-state index in [1.54, 1.807) is 6.92 Å². The Balaban J connectivity index is 1.85. The largest absolute Gasteiger partial charge is 0.485 e. The number of benzene rings is 2. The summed E-state index contributed by atoms with van der Waals surface area (Å²) in [5, 5.41) is 0. The van der Waals surface area contributed by atoms with Crippen molar-refractivity contribution in [2.75, 3.05) is 6.61 Å². The maximum Gasteiger partial charge on any atom is 0.330 e. The van der Waals surface area contributed by atoms with Gasteiger partial charge in [0.25, 0.3) is 0 Å². The predicted octanol–water partition coefficient (Wildman–Crippen LogP) is 5.04. The van der Waals surface area contributed by atoms with Crippen LogP contribution in [0.15, 0.2) is 78.4 Å². The molecule has 1 aliphatic rings. The second-order valence-corrected chi connectivity index (χ2v) is 6.42. The third-order valence-electron chi connectivity index (χ3n) is 4.44. The van der Waals surface area contributed by atoms with E-state index in [0.29, 0.717) is 6.61 Å². The van der Waals surface area contributed by atoms with Crippen LogP contribution in [0, 0.1) is 5.92 Å². The topological polar surface area (TPSA) is 35.5 Å². The van der Waals surface area contributed by atoms with E-state index < -0.39 is 0 Å². The molecule has 3 heteroatoms. The molecular weight excluding hydrogens is 324 g/mol. The van der Waals surface area contributed by atoms with E-state index in [0.717, 1.165) is 23.3 Å². The van der Waals surface area contributed by atoms with Crippen molar-refractivity contribution in [2.45, 2.75) is 26.4 Å². The van der Waals surface area contributed by atoms with Crippen LogP contribution in [0.4, 0.5) is 0 Å². The van der Waals surface area contributed by atoms with Crippen LogP contribution in [0.2, 0.25) is 0 Å². The predicted molar refractivity (Wildman–Crippen MR) is 103 cm³/mol. The number of hydrogen-bond donors (Lipinski definition) is 0. The number of esters is 1. The van der Waals surface area contributed by atoms with Gasteiger partial charge in [0.05, 0.1) is 6.61 Å². The number of carbonyl (C=O) groups excluding carboxylic acids is 1. The molecule has 2 unspecified atom stereocenters. The van der Waals surface area contributed by atoms with Gasteiger partial charge in [0.15, 0.2) is 0 Å². The van der Waals surface area contributed by atoms with E-state index in [9.17, 15) is 4.79 Å². The van der Waals surface area contributed by atoms with E-state index in [1.165, 1.54) is 11.6 Å². The third-order valence-corrected chi connectivity index (χ3v) is 4.44. The first-order chi connectivity index (χ1) is 12.7. The average molecular weight is 348 g/mol. The first-order valence-electron chi connectivity index (χ1n) is 9.00. The Hall–Kier alpha value is -2.81. The molecule has 2 atom stereocenters. The molecule has 1 aliphatic heterocycles. The number of ether oxygens (including phenoxy) is 2. The fourth-order valence-electron chi connectivity index (χ4n) is 3.19. The van der Waals surface area contributed by atoms with Gasteiger partial charge < -0.3 is 9.47 Å². The first-order valence-corrected chi connectivity index (χ1v) is 9.00. The normalized spacial score (nSPS) is 19.7. The van der Waals surface area contributed by atoms with Crippen LogP contribution in [-0.2, 0) is 16.0 Å². The molecule has 134 valence electrons. The summed E-state index contributed by atoms with van der Waals surface area (Å²) in [5.74, 6) is 0.835. The fourth-order valence-corrected chi connectivity index (χ4v) is 3.19. The molecule has 0 aromatic heterocycles. The Morgan fingerprint density at radius 3 is 2.65 bits per heavy atom. The third kappa shape index (κ3) is 4.42. The zero-order chi connectivity index (χ0) is 18.4. The highest BCUT2D eigenvalue weighted by atomic mass is 16.5. The lowest BCUT2D eigenvalue weighted by atomic mass is 9.86. The standard InChI is InChI=1S/C23H24O3/c1-3-25-22(24)15-17(2)13-14-20-16-19-11-7-8-12-21(19)26-23(20)18-9-5-4-6-10-18/h4-15,20,23H,3,16H2,1-2H3/b14-13+,17-15+. The Morgan fingerprint density at radius 2 is 1.88 bits per heavy atom. The van der Waals surface area contributed by atoms with Gasteiger partial charge in [-0.2, -0.15) is 0 Å². The van der Waals surface area contributed by atoms with Crippen molar-refractivity contribution in [2.24, 2.45) is 5.92 Å². The second kappa shape index (κ2) is 8.52. The Labute approximate surface area is 155 Å². The molecule has 0 radical (unpaired) electrons. The van der Waals surface area contributed by atoms with Crippen LogP contribution < -0.4 is 4.74 Å². The van der Waals surface area contributed by atoms with Gasteiger partial charge in [-0.3, -0.25) is 0 Å². The van der Waals surface area contributed by atoms with Gasteiger partial charge in [-0.15, -0.1) is 0 Å². The summed E-state index contributed by atoms with van der Waals surface area (Å²) in [7, 11) is 0. The maximum absolute atomic E-state index is 11.6. The molecule has 0 aliphatic carbocycles. The van der Waals surface area contributed by atoms with Crippen molar-refractivity contribution in [3.63, 3.8) is 0 Å². The van der Waals surface area contributed by atoms with E-state index in [2.05, 4.69) is 24.3 Å². The van der Waals surface area contributed by atoms with Crippen LogP contribution >= 0.6 is 0 Å². The van der Waals surface area contributed by atoms with Crippen molar-refractivity contribution in [1.29, 1.82) is 0 Å². The summed E-state index contributed by atoms with van der Waals surface area (Å²) in [5.41, 5.74) is 3.24. The molecule has 3 rings (SSSR count). The maximum atomic E-state index is 11.6. The number of hydrogen-bond acceptors (Lipinski definition) is 3. The van der Waals surface area contributed by atoms with Gasteiger partial charge in [0.2, 0.25) is 0 Å². The van der Waals surface area contributed by atoms with Crippen molar-refractivity contribution >= 4 is 5.97 Å². The van der Waals surface area contributed by atoms with Gasteiger partial charge in [-0.05, 0) is 43.0 Å². The smallest absolute Gasteiger partial charge is 0.330 e. The lowest BCUT2D eigenvalue weighted by molar-refractivity contribution is -0.137. The van der Waals surface area contributed by atoms with Crippen LogP contribution in [0.1, 0.15) is 31.1 Å². The zero-order valence-corrected chi connectivity index (χ0v) is 15.2. The van der Waals surface area contributed by atoms with Crippen molar-refractivity contribution in [3.05, 3.63) is 89.5 Å². The van der Waals surface area contributed by atoms with Crippen LogP contribution in [0.5, 0.6) is 5.75 Å². The summed E-state index contributed by atoms with van der Waals surface area (Å²) in [6.45, 7) is 4.09. The van der Waals surface area contributed by atoms with Gasteiger partial charge >= 0.3 is 5.97 Å². The molecule has 0 bridgehead atoms. The summed E-state index contributed by atoms with van der Waals surface area (Å²) < 4.78 is 11.3. The Bertz CT molecular complexity index is 805. The molecule has 0 saturated carbocycles. The van der Waals surface area contributed by atoms with E-state index in [4.69, 9.17) is 9.47 Å². The molecule has 2 aromatic rings. The minimum absolute atomic E-state index is 0.0438. The zero-order valence-electron chi connectivity index (χ0n) is 15.2. The van der Waals surface area contributed by atoms with Gasteiger partial charge in [0, 0.05) is 12.0 Å². The fraction of sp³-hybridized carbons (Fsp3) is 0.261. The minimum Gasteiger partial charge on any atom is -0.485 e. The molecule has 1 heterocycles. The lowest BCUT2D eigenvalue weighted by Crippen LogP contribution is -2.24. The van der Waals surface area contributed by atoms with E-state index >= 15 is 0 Å². The van der Waals surface area contributed by atoms with E-state index in [-0.39, 0.29) is 18.0 Å². The lowest BCUT2D eigenvalue weighted by Gasteiger charge is -2.32. The molecule has 0 spiro atoms. The highest BCUT2D eigenvalue weighted by molar-refractivity contribution is 5.83. The highest BCUT2D eigenvalue weighted by Crippen LogP contribution is 2.39. The molecule has 26 heavy (non-hydrogen) atoms. The van der Waals surface area contributed by atoms with Gasteiger partial charge in [-0.25, -0.2) is 4.79 Å². The number of fused-ring (bicyclic) bond motifs is 1. The van der Waals surface area contributed by atoms with Crippen molar-refractivity contribution in [3.8, 4) is 5.75 Å². The second-order valence-electron chi connectivity index (χ2n) is 6.42. The first kappa shape index (κ1) is 18.0. The van der Waals surface area contributed by atoms with Crippen LogP contribution in [0.25, 0.3) is 0 Å². The summed E-state index contributed by atoms with van der Waals surface area (Å²) in [6.07, 6.45) is 6.50. The quantitative estimate of drug-likeness (QED) is 0.431. The summed E-state index contributed by atoms with van der Waals surface area (Å²) >= 11 is 0. The number of allylic oxidation sites excluding steroid dienone is 2. The van der Waals surface area contributed by atoms with Crippen LogP contribution in [-0.4, -0.2) is 12.6 Å². The monoisotopic (exact) mass is 348 g/mol. The number of carbonyl (C=O) groups is 1. The minimum atomic E-state index is -0.306. The Morgan fingerprint density at radius 1 is 1.15 bits per heavy atom. The highest BCUT2D eigenvalue weighted by Gasteiger charge is 2.29. The molecule has 0 fully saturated rings. The van der Waals surface area contributed by atoms with Crippen LogP contribution in [0.3, 0.4) is 0 Å². The Kier molecular flexibility index (Phi) is 5.90. The van der Waals surface area contributed by atoms with Crippen molar-refractivity contribution in [1.82, 2.24) is 0 Å². The summed E-state index contributed by atoms with van der Waals surface area (Å²) in [4.78, 5) is 11.6. The molecular formula is C23H24O3. The van der Waals surface area contributed by atoms with Gasteiger partial charge in [0.1, 0.15) is 11.9 Å². The molecule has 2 aromatic carbocycles. The average Bonchev–Trinajstić information content (AvgIpc) is 2.66. The van der Waals surface area contributed by atoms with Crippen molar-refractivity contribution < 1.29 is 14.3 Å². The molecule has 0 saturated heterocycles. The summed E-state index contributed by atoms with van der Waals surface area (Å²) in [6, 6.07) is 18.5. The number of para-hydroxylation sites is 1. The molecule has 0 N–H and O–H groups in total. The molecule has 3 nitrogen and oxygen atoms in total. The van der Waals surface area contributed by atoms with E-state index in [1.807, 2.05) is 49.4 Å². The SMILES string of the molecule is CCOC(=O)/C=C(C)/C=C/C1Cc2ccccc2OC1c1ccccc1. The van der Waals surface area contributed by atoms with Gasteiger partial charge in [-0.1, -0.05) is 60.7 Å².